The van der Waals surface area contributed by atoms with Gasteiger partial charge in [-0.3, -0.25) is 10.1 Å². The molecule has 0 fully saturated rings. The van der Waals surface area contributed by atoms with E-state index in [9.17, 15) is 15.2 Å². The van der Waals surface area contributed by atoms with Crippen LogP contribution in [0.15, 0.2) is 48.5 Å². The molecule has 0 saturated heterocycles. The number of methoxy groups -OCH3 is 1. The van der Waals surface area contributed by atoms with E-state index in [0.29, 0.717) is 12.3 Å². The van der Waals surface area contributed by atoms with Crippen LogP contribution in [0, 0.1) is 10.1 Å². The van der Waals surface area contributed by atoms with Crippen molar-refractivity contribution in [2.45, 2.75) is 19.1 Å². The first-order valence-electron chi connectivity index (χ1n) is 7.31. The maximum atomic E-state index is 10.7. The summed E-state index contributed by atoms with van der Waals surface area (Å²) >= 11 is 0. The van der Waals surface area contributed by atoms with E-state index in [1.54, 1.807) is 25.3 Å². The third-order valence-electron chi connectivity index (χ3n) is 3.70. The molecule has 6 nitrogen and oxygen atoms in total. The zero-order valence-electron chi connectivity index (χ0n) is 13.1. The normalized spacial score (nSPS) is 13.3. The van der Waals surface area contributed by atoms with Crippen molar-refractivity contribution in [3.63, 3.8) is 0 Å². The minimum Gasteiger partial charge on any atom is -0.497 e. The summed E-state index contributed by atoms with van der Waals surface area (Å²) in [4.78, 5) is 10.2. The third-order valence-corrected chi connectivity index (χ3v) is 3.70. The van der Waals surface area contributed by atoms with Gasteiger partial charge in [-0.05, 0) is 30.2 Å². The molecular formula is C17H20N2O4. The van der Waals surface area contributed by atoms with Gasteiger partial charge in [0.15, 0.2) is 0 Å². The minimum absolute atomic E-state index is 0.0314. The summed E-state index contributed by atoms with van der Waals surface area (Å²) in [6.45, 7) is 2.31. The Labute approximate surface area is 134 Å². The molecule has 0 aromatic heterocycles. The summed E-state index contributed by atoms with van der Waals surface area (Å²) in [6.07, 6.45) is -0.661. The van der Waals surface area contributed by atoms with E-state index in [0.717, 1.165) is 11.1 Å². The molecule has 0 bridgehead atoms. The summed E-state index contributed by atoms with van der Waals surface area (Å²) in [5.41, 5.74) is 1.76. The number of non-ortho nitro benzene ring substituents is 1. The van der Waals surface area contributed by atoms with Crippen LogP contribution in [0.2, 0.25) is 0 Å². The Morgan fingerprint density at radius 2 is 1.91 bits per heavy atom. The lowest BCUT2D eigenvalue weighted by Crippen LogP contribution is -2.24. The number of hydrogen-bond donors (Lipinski definition) is 2. The molecule has 2 atom stereocenters. The van der Waals surface area contributed by atoms with Crippen molar-refractivity contribution >= 4 is 5.69 Å². The van der Waals surface area contributed by atoms with E-state index in [2.05, 4.69) is 5.32 Å². The van der Waals surface area contributed by atoms with Gasteiger partial charge in [-0.15, -0.1) is 0 Å². The van der Waals surface area contributed by atoms with Crippen molar-refractivity contribution in [2.24, 2.45) is 0 Å². The van der Waals surface area contributed by atoms with Gasteiger partial charge < -0.3 is 15.2 Å². The van der Waals surface area contributed by atoms with E-state index in [-0.39, 0.29) is 11.7 Å². The molecule has 2 aromatic rings. The topological polar surface area (TPSA) is 84.6 Å². The molecule has 0 heterocycles. The monoisotopic (exact) mass is 316 g/mol. The molecule has 2 rings (SSSR count). The highest BCUT2D eigenvalue weighted by molar-refractivity contribution is 5.34. The van der Waals surface area contributed by atoms with Crippen molar-refractivity contribution < 1.29 is 14.8 Å². The average Bonchev–Trinajstić information content (AvgIpc) is 2.59. The predicted octanol–water partition coefficient (Wildman–Crippen LogP) is 2.99. The summed E-state index contributed by atoms with van der Waals surface area (Å²) < 4.78 is 5.14. The van der Waals surface area contributed by atoms with E-state index < -0.39 is 11.0 Å². The number of nitrogens with zero attached hydrogens (tertiary/aromatic N) is 1. The van der Waals surface area contributed by atoms with Crippen molar-refractivity contribution in [3.8, 4) is 5.75 Å². The summed E-state index contributed by atoms with van der Waals surface area (Å²) in [7, 11) is 1.58. The second-order valence-electron chi connectivity index (χ2n) is 5.27. The Bertz CT molecular complexity index is 658. The van der Waals surface area contributed by atoms with Crippen molar-refractivity contribution in [1.29, 1.82) is 0 Å². The Kier molecular flexibility index (Phi) is 5.67. The van der Waals surface area contributed by atoms with Crippen LogP contribution in [0.25, 0.3) is 0 Å². The number of ether oxygens (including phenoxy) is 1. The first-order valence-corrected chi connectivity index (χ1v) is 7.31. The van der Waals surface area contributed by atoms with Crippen LogP contribution in [0.4, 0.5) is 5.69 Å². The molecule has 2 N–H and O–H groups in total. The lowest BCUT2D eigenvalue weighted by molar-refractivity contribution is -0.384. The van der Waals surface area contributed by atoms with Crippen LogP contribution in [0.5, 0.6) is 5.75 Å². The fourth-order valence-electron chi connectivity index (χ4n) is 2.26. The number of nitro benzene ring substituents is 1. The second-order valence-corrected chi connectivity index (χ2v) is 5.27. The molecule has 2 unspecified atom stereocenters. The van der Waals surface area contributed by atoms with Gasteiger partial charge in [-0.2, -0.15) is 0 Å². The van der Waals surface area contributed by atoms with E-state index in [1.807, 2.05) is 25.1 Å². The van der Waals surface area contributed by atoms with Gasteiger partial charge in [0.05, 0.1) is 18.1 Å². The molecular weight excluding hydrogens is 296 g/mol. The van der Waals surface area contributed by atoms with Crippen molar-refractivity contribution in [2.75, 3.05) is 13.7 Å². The first kappa shape index (κ1) is 16.9. The van der Waals surface area contributed by atoms with Gasteiger partial charge in [0, 0.05) is 24.7 Å². The minimum atomic E-state index is -0.661. The number of nitro groups is 1. The summed E-state index contributed by atoms with van der Waals surface area (Å²) in [5.74, 6) is 0.699. The smallest absolute Gasteiger partial charge is 0.269 e. The van der Waals surface area contributed by atoms with Gasteiger partial charge >= 0.3 is 0 Å². The molecule has 122 valence electrons. The Morgan fingerprint density at radius 3 is 2.52 bits per heavy atom. The Morgan fingerprint density at radius 1 is 1.22 bits per heavy atom. The number of rotatable bonds is 7. The first-order chi connectivity index (χ1) is 11.0. The largest absolute Gasteiger partial charge is 0.497 e. The number of hydrogen-bond acceptors (Lipinski definition) is 5. The molecule has 0 spiro atoms. The zero-order chi connectivity index (χ0) is 16.8. The highest BCUT2D eigenvalue weighted by atomic mass is 16.6. The zero-order valence-corrected chi connectivity index (χ0v) is 13.1. The highest BCUT2D eigenvalue weighted by Crippen LogP contribution is 2.21. The molecule has 0 radical (unpaired) electrons. The highest BCUT2D eigenvalue weighted by Gasteiger charge is 2.12. The van der Waals surface area contributed by atoms with E-state index in [1.165, 1.54) is 12.1 Å². The van der Waals surface area contributed by atoms with Gasteiger partial charge in [0.2, 0.25) is 0 Å². The van der Waals surface area contributed by atoms with E-state index >= 15 is 0 Å². The molecule has 2 aromatic carbocycles. The van der Waals surface area contributed by atoms with Crippen LogP contribution < -0.4 is 10.1 Å². The maximum Gasteiger partial charge on any atom is 0.269 e. The molecule has 0 aliphatic rings. The standard InChI is InChI=1S/C17H20N2O4/c1-12(13-6-8-15(9-7-13)19(21)22)18-11-17(20)14-4-3-5-16(10-14)23-2/h3-10,12,17-18,20H,11H2,1-2H3. The van der Waals surface area contributed by atoms with Crippen molar-refractivity contribution in [3.05, 3.63) is 69.8 Å². The Balaban J connectivity index is 1.94. The van der Waals surface area contributed by atoms with Gasteiger partial charge in [0.1, 0.15) is 5.75 Å². The summed E-state index contributed by atoms with van der Waals surface area (Å²) in [6, 6.07) is 13.6. The number of benzene rings is 2. The van der Waals surface area contributed by atoms with Crippen LogP contribution in [0.1, 0.15) is 30.2 Å². The number of aliphatic hydroxyl groups excluding tert-OH is 1. The molecule has 0 saturated carbocycles. The molecule has 23 heavy (non-hydrogen) atoms. The molecule has 0 aliphatic heterocycles. The second kappa shape index (κ2) is 7.71. The molecule has 0 aliphatic carbocycles. The SMILES string of the molecule is COc1cccc(C(O)CNC(C)c2ccc([N+](=O)[O-])cc2)c1. The summed E-state index contributed by atoms with van der Waals surface area (Å²) in [5, 5.41) is 24.1. The van der Waals surface area contributed by atoms with Crippen LogP contribution in [-0.4, -0.2) is 23.7 Å². The number of aliphatic hydroxyl groups is 1. The van der Waals surface area contributed by atoms with Gasteiger partial charge in [0.25, 0.3) is 5.69 Å². The molecule has 0 amide bonds. The maximum absolute atomic E-state index is 10.7. The van der Waals surface area contributed by atoms with Gasteiger partial charge in [-0.1, -0.05) is 24.3 Å². The Hall–Kier alpha value is -2.44. The average molecular weight is 316 g/mol. The van der Waals surface area contributed by atoms with E-state index in [4.69, 9.17) is 4.74 Å². The van der Waals surface area contributed by atoms with Crippen LogP contribution >= 0.6 is 0 Å². The fourth-order valence-corrected chi connectivity index (χ4v) is 2.26. The van der Waals surface area contributed by atoms with Crippen LogP contribution in [0.3, 0.4) is 0 Å². The van der Waals surface area contributed by atoms with Crippen LogP contribution in [-0.2, 0) is 0 Å². The lowest BCUT2D eigenvalue weighted by atomic mass is 10.1. The fraction of sp³-hybridized carbons (Fsp3) is 0.294. The lowest BCUT2D eigenvalue weighted by Gasteiger charge is -2.18. The third kappa shape index (κ3) is 4.51. The van der Waals surface area contributed by atoms with Crippen molar-refractivity contribution in [1.82, 2.24) is 5.32 Å². The van der Waals surface area contributed by atoms with Gasteiger partial charge in [-0.25, -0.2) is 0 Å². The number of nitrogens with one attached hydrogen (secondary N) is 1. The predicted molar refractivity (Wildman–Crippen MR) is 87.5 cm³/mol. The molecule has 6 heteroatoms. The quantitative estimate of drug-likeness (QED) is 0.606.